The number of halogens is 2. The monoisotopic (exact) mass is 389 g/mol. The third-order valence-electron chi connectivity index (χ3n) is 3.36. The van der Waals surface area contributed by atoms with Crippen LogP contribution in [0, 0.1) is 11.6 Å². The van der Waals surface area contributed by atoms with Gasteiger partial charge in [0.25, 0.3) is 11.1 Å². The Kier molecular flexibility index (Phi) is 5.82. The molecular weight excluding hydrogens is 376 g/mol. The third-order valence-corrected chi connectivity index (χ3v) is 4.20. The molecule has 138 valence electrons. The van der Waals surface area contributed by atoms with Crippen molar-refractivity contribution in [2.75, 3.05) is 5.75 Å². The molecule has 3 rings (SSSR count). The maximum atomic E-state index is 12.9. The van der Waals surface area contributed by atoms with Gasteiger partial charge in [-0.3, -0.25) is 20.4 Å². The third kappa shape index (κ3) is 5.14. The maximum Gasteiger partial charge on any atom is 0.269 e. The number of hydrazine groups is 1. The number of carbonyl (C=O) groups excluding carboxylic acids is 2. The SMILES string of the molecule is O=C(CSc1ncc(-c2ccc(F)cc2)o1)NNC(=O)c1ccc(F)cc1. The van der Waals surface area contributed by atoms with Crippen molar-refractivity contribution in [2.45, 2.75) is 5.22 Å². The highest BCUT2D eigenvalue weighted by Gasteiger charge is 2.11. The number of hydrogen-bond acceptors (Lipinski definition) is 5. The van der Waals surface area contributed by atoms with Gasteiger partial charge in [-0.15, -0.1) is 0 Å². The van der Waals surface area contributed by atoms with Crippen LogP contribution in [0.25, 0.3) is 11.3 Å². The summed E-state index contributed by atoms with van der Waals surface area (Å²) in [7, 11) is 0. The van der Waals surface area contributed by atoms with Gasteiger partial charge in [0, 0.05) is 11.1 Å². The van der Waals surface area contributed by atoms with E-state index in [-0.39, 0.29) is 22.4 Å². The van der Waals surface area contributed by atoms with E-state index in [4.69, 9.17) is 4.42 Å². The van der Waals surface area contributed by atoms with E-state index in [0.717, 1.165) is 23.9 Å². The highest BCUT2D eigenvalue weighted by atomic mass is 32.2. The first kappa shape index (κ1) is 18.6. The molecule has 1 aromatic heterocycles. The van der Waals surface area contributed by atoms with E-state index in [1.807, 2.05) is 0 Å². The van der Waals surface area contributed by atoms with Crippen LogP contribution in [0.3, 0.4) is 0 Å². The van der Waals surface area contributed by atoms with Crippen molar-refractivity contribution < 1.29 is 22.8 Å². The van der Waals surface area contributed by atoms with Gasteiger partial charge in [-0.25, -0.2) is 13.8 Å². The average molecular weight is 389 g/mol. The van der Waals surface area contributed by atoms with Crippen LogP contribution in [-0.4, -0.2) is 22.6 Å². The fraction of sp³-hybridized carbons (Fsp3) is 0.0556. The summed E-state index contributed by atoms with van der Waals surface area (Å²) in [6, 6.07) is 10.6. The Morgan fingerprint density at radius 1 is 0.963 bits per heavy atom. The van der Waals surface area contributed by atoms with Gasteiger partial charge in [0.2, 0.25) is 5.91 Å². The minimum Gasteiger partial charge on any atom is -0.431 e. The van der Waals surface area contributed by atoms with E-state index in [1.54, 1.807) is 12.1 Å². The van der Waals surface area contributed by atoms with Crippen molar-refractivity contribution in [1.82, 2.24) is 15.8 Å². The Morgan fingerprint density at radius 3 is 2.26 bits per heavy atom. The van der Waals surface area contributed by atoms with Crippen LogP contribution < -0.4 is 10.9 Å². The van der Waals surface area contributed by atoms with E-state index in [1.165, 1.54) is 30.5 Å². The molecule has 3 aromatic rings. The molecule has 0 spiro atoms. The number of thioether (sulfide) groups is 1. The highest BCUT2D eigenvalue weighted by Crippen LogP contribution is 2.25. The summed E-state index contributed by atoms with van der Waals surface area (Å²) in [4.78, 5) is 27.6. The van der Waals surface area contributed by atoms with Crippen molar-refractivity contribution in [3.05, 3.63) is 71.9 Å². The Hall–Kier alpha value is -3.20. The normalized spacial score (nSPS) is 10.4. The predicted molar refractivity (Wildman–Crippen MR) is 94.6 cm³/mol. The summed E-state index contributed by atoms with van der Waals surface area (Å²) in [5.41, 5.74) is 5.34. The largest absolute Gasteiger partial charge is 0.431 e. The van der Waals surface area contributed by atoms with Crippen LogP contribution in [0.4, 0.5) is 8.78 Å². The molecule has 0 bridgehead atoms. The number of benzene rings is 2. The van der Waals surface area contributed by atoms with Gasteiger partial charge in [0.1, 0.15) is 11.6 Å². The van der Waals surface area contributed by atoms with Crippen molar-refractivity contribution in [1.29, 1.82) is 0 Å². The molecule has 2 amide bonds. The quantitative estimate of drug-likeness (QED) is 0.517. The second kappa shape index (κ2) is 8.45. The minimum atomic E-state index is -0.567. The second-order valence-electron chi connectivity index (χ2n) is 5.30. The zero-order chi connectivity index (χ0) is 19.2. The topological polar surface area (TPSA) is 84.2 Å². The number of nitrogens with one attached hydrogen (secondary N) is 2. The lowest BCUT2D eigenvalue weighted by atomic mass is 10.2. The Morgan fingerprint density at radius 2 is 1.59 bits per heavy atom. The lowest BCUT2D eigenvalue weighted by Gasteiger charge is -2.06. The van der Waals surface area contributed by atoms with E-state index in [0.29, 0.717) is 11.3 Å². The van der Waals surface area contributed by atoms with Gasteiger partial charge in [-0.05, 0) is 48.5 Å². The number of rotatable bonds is 5. The van der Waals surface area contributed by atoms with Gasteiger partial charge >= 0.3 is 0 Å². The molecule has 0 radical (unpaired) electrons. The molecule has 0 unspecified atom stereocenters. The Bertz CT molecular complexity index is 943. The zero-order valence-electron chi connectivity index (χ0n) is 13.7. The van der Waals surface area contributed by atoms with Gasteiger partial charge in [0.15, 0.2) is 5.76 Å². The average Bonchev–Trinajstić information content (AvgIpc) is 3.14. The standard InChI is InChI=1S/C18H13F2N3O3S/c19-13-5-1-11(2-6-13)15-9-21-18(26-15)27-10-16(24)22-23-17(25)12-3-7-14(20)8-4-12/h1-9H,10H2,(H,22,24)(H,23,25). The molecule has 9 heteroatoms. The van der Waals surface area contributed by atoms with Crippen LogP contribution in [-0.2, 0) is 4.79 Å². The van der Waals surface area contributed by atoms with E-state index in [9.17, 15) is 18.4 Å². The molecule has 0 atom stereocenters. The number of oxazole rings is 1. The van der Waals surface area contributed by atoms with Gasteiger partial charge in [-0.2, -0.15) is 0 Å². The van der Waals surface area contributed by atoms with Crippen molar-refractivity contribution in [3.8, 4) is 11.3 Å². The molecule has 2 aromatic carbocycles. The fourth-order valence-corrected chi connectivity index (χ4v) is 2.64. The molecule has 0 saturated heterocycles. The molecule has 0 saturated carbocycles. The van der Waals surface area contributed by atoms with Crippen molar-refractivity contribution in [3.63, 3.8) is 0 Å². The van der Waals surface area contributed by atoms with E-state index < -0.39 is 17.6 Å². The van der Waals surface area contributed by atoms with Crippen LogP contribution in [0.1, 0.15) is 10.4 Å². The maximum absolute atomic E-state index is 12.9. The highest BCUT2D eigenvalue weighted by molar-refractivity contribution is 7.99. The first-order chi connectivity index (χ1) is 13.0. The first-order valence-corrected chi connectivity index (χ1v) is 8.69. The second-order valence-corrected chi connectivity index (χ2v) is 6.22. The van der Waals surface area contributed by atoms with Gasteiger partial charge < -0.3 is 4.42 Å². The van der Waals surface area contributed by atoms with Gasteiger partial charge in [-0.1, -0.05) is 11.8 Å². The van der Waals surface area contributed by atoms with Crippen molar-refractivity contribution >= 4 is 23.6 Å². The molecule has 6 nitrogen and oxygen atoms in total. The molecule has 0 aliphatic rings. The summed E-state index contributed by atoms with van der Waals surface area (Å²) in [6.07, 6.45) is 1.48. The Balaban J connectivity index is 1.47. The lowest BCUT2D eigenvalue weighted by molar-refractivity contribution is -0.119. The molecule has 0 aliphatic carbocycles. The van der Waals surface area contributed by atoms with Crippen LogP contribution in [0.5, 0.6) is 0 Å². The molecule has 0 aliphatic heterocycles. The summed E-state index contributed by atoms with van der Waals surface area (Å²) in [6.45, 7) is 0. The summed E-state index contributed by atoms with van der Waals surface area (Å²) < 4.78 is 31.2. The number of nitrogens with zero attached hydrogens (tertiary/aromatic N) is 1. The van der Waals surface area contributed by atoms with Crippen LogP contribution in [0.15, 0.2) is 64.4 Å². The zero-order valence-corrected chi connectivity index (χ0v) is 14.6. The Labute approximate surface area is 157 Å². The summed E-state index contributed by atoms with van der Waals surface area (Å²) in [5, 5.41) is 0.259. The van der Waals surface area contributed by atoms with Crippen LogP contribution >= 0.6 is 11.8 Å². The number of amides is 2. The predicted octanol–water partition coefficient (Wildman–Crippen LogP) is 3.17. The van der Waals surface area contributed by atoms with Gasteiger partial charge in [0.05, 0.1) is 11.9 Å². The fourth-order valence-electron chi connectivity index (χ4n) is 2.04. The molecule has 0 fully saturated rings. The molecular formula is C18H13F2N3O3S. The number of carbonyl (C=O) groups is 2. The molecule has 27 heavy (non-hydrogen) atoms. The number of aromatic nitrogens is 1. The minimum absolute atomic E-state index is 0.0485. The number of hydrogen-bond donors (Lipinski definition) is 2. The summed E-state index contributed by atoms with van der Waals surface area (Å²) >= 11 is 1.03. The van der Waals surface area contributed by atoms with Crippen molar-refractivity contribution in [2.24, 2.45) is 0 Å². The smallest absolute Gasteiger partial charge is 0.269 e. The first-order valence-electron chi connectivity index (χ1n) is 7.70. The summed E-state index contributed by atoms with van der Waals surface area (Å²) in [5.74, 6) is -1.46. The lowest BCUT2D eigenvalue weighted by Crippen LogP contribution is -2.42. The van der Waals surface area contributed by atoms with Crippen LogP contribution in [0.2, 0.25) is 0 Å². The van der Waals surface area contributed by atoms with E-state index in [2.05, 4.69) is 15.8 Å². The van der Waals surface area contributed by atoms with E-state index >= 15 is 0 Å². The molecule has 2 N–H and O–H groups in total. The molecule has 1 heterocycles.